The number of thiazole rings is 1. The molecule has 2 rings (SSSR count). The number of carboxylic acids is 1. The molecule has 2 aromatic rings. The highest BCUT2D eigenvalue weighted by atomic mass is 32.2. The van der Waals surface area contributed by atoms with E-state index in [0.29, 0.717) is 40.8 Å². The lowest BCUT2D eigenvalue weighted by Crippen LogP contribution is -2.22. The zero-order valence-electron chi connectivity index (χ0n) is 14.7. The molecule has 0 N–H and O–H groups in total. The van der Waals surface area contributed by atoms with E-state index in [0.717, 1.165) is 0 Å². The summed E-state index contributed by atoms with van der Waals surface area (Å²) < 4.78 is 0. The van der Waals surface area contributed by atoms with Crippen LogP contribution < -0.4 is 10.0 Å². The fourth-order valence-corrected chi connectivity index (χ4v) is 4.92. The maximum atomic E-state index is 11.5. The Kier molecular flexibility index (Phi) is 5.73. The number of rotatable bonds is 7. The molecule has 1 atom stereocenters. The predicted molar refractivity (Wildman–Crippen MR) is 97.1 cm³/mol. The van der Waals surface area contributed by atoms with Gasteiger partial charge in [-0.2, -0.15) is 4.98 Å². The molecular weight excluding hydrogens is 342 g/mol. The summed E-state index contributed by atoms with van der Waals surface area (Å²) in [6, 6.07) is 4.99. The predicted octanol–water partition coefficient (Wildman–Crippen LogP) is 2.94. The van der Waals surface area contributed by atoms with Crippen molar-refractivity contribution in [3.8, 4) is 10.6 Å². The number of carboxylic acid groups (broad SMARTS) is 1. The van der Waals surface area contributed by atoms with E-state index in [9.17, 15) is 20.0 Å². The molecule has 0 radical (unpaired) electrons. The zero-order valence-corrected chi connectivity index (χ0v) is 15.6. The molecule has 0 amide bonds. The number of aromatic carboxylic acids is 1. The number of nitrogens with zero attached hydrogens (tertiary/aromatic N) is 3. The summed E-state index contributed by atoms with van der Waals surface area (Å²) in [5, 5.41) is 23.5. The Morgan fingerprint density at radius 3 is 2.40 bits per heavy atom. The van der Waals surface area contributed by atoms with Crippen LogP contribution in [0.5, 0.6) is 0 Å². The number of hydrogen-bond donors (Lipinski definition) is 0. The van der Waals surface area contributed by atoms with E-state index < -0.39 is 21.4 Å². The second kappa shape index (κ2) is 7.60. The Morgan fingerprint density at radius 2 is 1.92 bits per heavy atom. The lowest BCUT2D eigenvalue weighted by Gasteiger charge is -2.20. The molecule has 0 saturated carbocycles. The normalized spacial score (nSPS) is 11.4. The third-order valence-corrected chi connectivity index (χ3v) is 6.40. The van der Waals surface area contributed by atoms with Gasteiger partial charge in [0.2, 0.25) is 4.88 Å². The maximum absolute atomic E-state index is 11.5. The molecule has 0 aliphatic carbocycles. The van der Waals surface area contributed by atoms with Crippen molar-refractivity contribution in [3.63, 3.8) is 0 Å². The molecule has 1 heterocycles. The van der Waals surface area contributed by atoms with E-state index >= 15 is 0 Å². The van der Waals surface area contributed by atoms with Crippen molar-refractivity contribution in [2.75, 3.05) is 18.0 Å². The Bertz CT molecular complexity index is 812. The summed E-state index contributed by atoms with van der Waals surface area (Å²) in [7, 11) is -0.732. The van der Waals surface area contributed by atoms with Gasteiger partial charge in [0, 0.05) is 29.6 Å². The standard InChI is InChI=1S/C17H21N3O4S/c1-5-19(6-2)13-9-8-12(10-14(13)20(23)24)16-18-11(4)15(17(21)22)25(16)7-3/h8-10H,5-7H2,1-4H3. The van der Waals surface area contributed by atoms with Crippen molar-refractivity contribution in [2.45, 2.75) is 33.4 Å². The number of benzene rings is 1. The second-order valence-corrected chi connectivity index (χ2v) is 7.59. The first-order valence-corrected chi connectivity index (χ1v) is 9.50. The molecule has 7 nitrogen and oxygen atoms in total. The van der Waals surface area contributed by atoms with Crippen molar-refractivity contribution in [1.82, 2.24) is 4.98 Å². The van der Waals surface area contributed by atoms with Crippen molar-refractivity contribution in [3.05, 3.63) is 38.9 Å². The van der Waals surface area contributed by atoms with Crippen molar-refractivity contribution in [1.29, 1.82) is 0 Å². The number of nitro groups is 1. The number of carbonyl (C=O) groups is 1. The molecule has 25 heavy (non-hydrogen) atoms. The van der Waals surface area contributed by atoms with Gasteiger partial charge in [0.05, 0.1) is 10.5 Å². The van der Waals surface area contributed by atoms with Crippen molar-refractivity contribution in [2.24, 2.45) is 0 Å². The van der Waals surface area contributed by atoms with Crippen LogP contribution in [0.25, 0.3) is 10.6 Å². The summed E-state index contributed by atoms with van der Waals surface area (Å²) in [5.74, 6) is -0.666. The monoisotopic (exact) mass is 363 g/mol. The molecule has 0 spiro atoms. The van der Waals surface area contributed by atoms with Crippen LogP contribution in [0.4, 0.5) is 11.4 Å². The first-order chi connectivity index (χ1) is 11.8. The minimum Gasteiger partial charge on any atom is -0.540 e. The van der Waals surface area contributed by atoms with Crippen molar-refractivity contribution >= 4 is 27.8 Å². The molecule has 1 unspecified atom stereocenters. The summed E-state index contributed by atoms with van der Waals surface area (Å²) >= 11 is 0. The van der Waals surface area contributed by atoms with E-state index in [4.69, 9.17) is 0 Å². The molecule has 0 bridgehead atoms. The van der Waals surface area contributed by atoms with Crippen LogP contribution in [0.1, 0.15) is 36.1 Å². The maximum Gasteiger partial charge on any atom is 0.293 e. The summed E-state index contributed by atoms with van der Waals surface area (Å²) in [4.78, 5) is 29.0. The summed E-state index contributed by atoms with van der Waals surface area (Å²) in [5.41, 5.74) is 1.56. The quantitative estimate of drug-likeness (QED) is 0.426. The SMILES string of the molecule is CCN(CC)c1ccc(-c2nc(C)c(C(=O)[O-])[s+]2CC)cc1[N+](=O)[O-]. The highest BCUT2D eigenvalue weighted by molar-refractivity contribution is 7.35. The first-order valence-electron chi connectivity index (χ1n) is 8.11. The van der Waals surface area contributed by atoms with E-state index in [1.54, 1.807) is 19.1 Å². The minimum absolute atomic E-state index is 0.00288. The van der Waals surface area contributed by atoms with Gasteiger partial charge in [-0.15, -0.1) is 0 Å². The lowest BCUT2D eigenvalue weighted by molar-refractivity contribution is -0.384. The first kappa shape index (κ1) is 18.9. The number of hydrogen-bond acceptors (Lipinski definition) is 6. The number of carbonyl (C=O) groups excluding carboxylic acids is 1. The third-order valence-electron chi connectivity index (χ3n) is 4.07. The molecule has 0 aliphatic heterocycles. The van der Waals surface area contributed by atoms with E-state index in [-0.39, 0.29) is 10.6 Å². The van der Waals surface area contributed by atoms with Crippen LogP contribution in [0, 0.1) is 17.0 Å². The van der Waals surface area contributed by atoms with Gasteiger partial charge in [-0.1, -0.05) is 0 Å². The molecule has 0 fully saturated rings. The van der Waals surface area contributed by atoms with Crippen LogP contribution in [0.15, 0.2) is 18.2 Å². The fraction of sp³-hybridized carbons (Fsp3) is 0.412. The average molecular weight is 363 g/mol. The van der Waals surface area contributed by atoms with Gasteiger partial charge in [-0.05, 0) is 39.8 Å². The zero-order chi connectivity index (χ0) is 18.7. The molecule has 0 saturated heterocycles. The van der Waals surface area contributed by atoms with Gasteiger partial charge in [-0.3, -0.25) is 10.1 Å². The molecule has 1 aromatic carbocycles. The van der Waals surface area contributed by atoms with Crippen LogP contribution >= 0.6 is 10.5 Å². The Balaban J connectivity index is 2.66. The molecule has 1 aromatic heterocycles. The van der Waals surface area contributed by atoms with E-state index in [1.807, 2.05) is 25.7 Å². The van der Waals surface area contributed by atoms with Gasteiger partial charge in [-0.25, -0.2) is 0 Å². The number of anilines is 1. The van der Waals surface area contributed by atoms with Crippen LogP contribution in [-0.4, -0.2) is 29.0 Å². The second-order valence-electron chi connectivity index (χ2n) is 5.43. The Morgan fingerprint density at radius 1 is 1.28 bits per heavy atom. The number of nitro benzene ring substituents is 1. The van der Waals surface area contributed by atoms with E-state index in [1.165, 1.54) is 6.07 Å². The lowest BCUT2D eigenvalue weighted by atomic mass is 10.1. The fourth-order valence-electron chi connectivity index (χ4n) is 2.90. The van der Waals surface area contributed by atoms with Crippen LogP contribution in [-0.2, 0) is 5.75 Å². The number of aryl methyl sites for hydroxylation is 1. The van der Waals surface area contributed by atoms with Crippen LogP contribution in [0.2, 0.25) is 0 Å². The highest BCUT2D eigenvalue weighted by Gasteiger charge is 2.29. The molecule has 8 heteroatoms. The van der Waals surface area contributed by atoms with E-state index in [2.05, 4.69) is 4.98 Å². The van der Waals surface area contributed by atoms with Gasteiger partial charge >= 0.3 is 0 Å². The molecular formula is C17H21N3O4S. The van der Waals surface area contributed by atoms with Crippen molar-refractivity contribution < 1.29 is 14.8 Å². The molecule has 0 aliphatic rings. The summed E-state index contributed by atoms with van der Waals surface area (Å²) in [6.07, 6.45) is 0. The van der Waals surface area contributed by atoms with Gasteiger partial charge < -0.3 is 14.8 Å². The highest BCUT2D eigenvalue weighted by Crippen LogP contribution is 2.41. The third kappa shape index (κ3) is 3.48. The topological polar surface area (TPSA) is 99.4 Å². The largest absolute Gasteiger partial charge is 0.540 e. The average Bonchev–Trinajstić information content (AvgIpc) is 2.92. The Labute approximate surface area is 149 Å². The number of aromatic nitrogens is 1. The smallest absolute Gasteiger partial charge is 0.293 e. The summed E-state index contributed by atoms with van der Waals surface area (Å²) in [6.45, 7) is 8.70. The Hall–Kier alpha value is -2.48. The van der Waals surface area contributed by atoms with Gasteiger partial charge in [0.15, 0.2) is 0 Å². The van der Waals surface area contributed by atoms with Crippen LogP contribution in [0.3, 0.4) is 0 Å². The van der Waals surface area contributed by atoms with Gasteiger partial charge in [0.25, 0.3) is 10.7 Å². The van der Waals surface area contributed by atoms with Gasteiger partial charge in [0.1, 0.15) is 23.1 Å². The molecule has 134 valence electrons. The minimum atomic E-state index is -1.23.